The lowest BCUT2D eigenvalue weighted by Crippen LogP contribution is -2.54. The van der Waals surface area contributed by atoms with Gasteiger partial charge in [-0.1, -0.05) is 48.5 Å². The number of benzene rings is 2. The number of sulfone groups is 1. The second kappa shape index (κ2) is 11.1. The Bertz CT molecular complexity index is 1070. The van der Waals surface area contributed by atoms with Gasteiger partial charge in [0.1, 0.15) is 18.3 Å². The molecule has 0 bridgehead atoms. The Labute approximate surface area is 199 Å². The molecule has 4 rings (SSSR count). The summed E-state index contributed by atoms with van der Waals surface area (Å²) in [6.07, 6.45) is -0.990. The molecule has 182 valence electrons. The van der Waals surface area contributed by atoms with Crippen molar-refractivity contribution < 1.29 is 36.9 Å². The molecule has 0 radical (unpaired) electrons. The average Bonchev–Trinajstić information content (AvgIpc) is 2.85. The minimum Gasteiger partial charge on any atom is -0.494 e. The summed E-state index contributed by atoms with van der Waals surface area (Å²) >= 11 is 0. The molecule has 2 heterocycles. The Morgan fingerprint density at radius 3 is 2.44 bits per heavy atom. The normalized spacial score (nSPS) is 27.1. The van der Waals surface area contributed by atoms with Gasteiger partial charge in [-0.2, -0.15) is 0 Å². The third-order valence-electron chi connectivity index (χ3n) is 5.66. The van der Waals surface area contributed by atoms with Gasteiger partial charge in [-0.25, -0.2) is 8.42 Å². The first-order valence-corrected chi connectivity index (χ1v) is 12.8. The van der Waals surface area contributed by atoms with Crippen LogP contribution in [0.5, 0.6) is 0 Å². The monoisotopic (exact) mass is 488 g/mol. The van der Waals surface area contributed by atoms with E-state index in [9.17, 15) is 13.2 Å². The molecular weight excluding hydrogens is 460 g/mol. The minimum atomic E-state index is -3.67. The van der Waals surface area contributed by atoms with Crippen LogP contribution in [0.4, 0.5) is 0 Å². The van der Waals surface area contributed by atoms with E-state index in [1.54, 1.807) is 25.1 Å². The van der Waals surface area contributed by atoms with Crippen molar-refractivity contribution in [3.8, 4) is 0 Å². The van der Waals surface area contributed by atoms with E-state index in [0.29, 0.717) is 13.0 Å². The zero-order valence-corrected chi connectivity index (χ0v) is 19.6. The third-order valence-corrected chi connectivity index (χ3v) is 7.06. The molecule has 34 heavy (non-hydrogen) atoms. The highest BCUT2D eigenvalue weighted by atomic mass is 32.2. The maximum atomic E-state index is 12.5. The molecule has 0 unspecified atom stereocenters. The topological polar surface area (TPSA) is 97.4 Å². The minimum absolute atomic E-state index is 0.0247. The van der Waals surface area contributed by atoms with Crippen molar-refractivity contribution in [3.63, 3.8) is 0 Å². The van der Waals surface area contributed by atoms with Crippen LogP contribution in [0.25, 0.3) is 0 Å². The quantitative estimate of drug-likeness (QED) is 0.411. The number of carbonyl (C=O) groups is 1. The maximum absolute atomic E-state index is 12.5. The summed E-state index contributed by atoms with van der Waals surface area (Å²) < 4.78 is 54.0. The van der Waals surface area contributed by atoms with Gasteiger partial charge < -0.3 is 23.7 Å². The first-order chi connectivity index (χ1) is 16.5. The van der Waals surface area contributed by atoms with Crippen molar-refractivity contribution in [3.05, 3.63) is 77.9 Å². The Kier molecular flexibility index (Phi) is 7.99. The standard InChI is InChI=1S/C25H28O8S/c1-2-29-24(26)16-22-20(30-13-14-34(27,28)19-11-7-4-8-12-19)15-21-23(32-22)17-31-25(33-21)18-9-5-3-6-10-18/h3-14,20-23,25H,2,15-17H2,1H3/b14-13+/t20-,21+,22+,23-,25-/m1/s1. The third kappa shape index (κ3) is 6.04. The fraction of sp³-hybridized carbons (Fsp3) is 0.400. The van der Waals surface area contributed by atoms with E-state index in [4.69, 9.17) is 23.7 Å². The van der Waals surface area contributed by atoms with Crippen molar-refractivity contribution in [1.29, 1.82) is 0 Å². The molecule has 2 aromatic carbocycles. The molecule has 8 nitrogen and oxygen atoms in total. The molecule has 0 saturated carbocycles. The Balaban J connectivity index is 1.47. The molecule has 0 spiro atoms. The molecule has 2 aliphatic heterocycles. The smallest absolute Gasteiger partial charge is 0.308 e. The lowest BCUT2D eigenvalue weighted by atomic mass is 9.95. The molecule has 9 heteroatoms. The Morgan fingerprint density at radius 2 is 1.74 bits per heavy atom. The molecular formula is C25H28O8S. The van der Waals surface area contributed by atoms with Crippen molar-refractivity contribution in [2.45, 2.75) is 55.4 Å². The van der Waals surface area contributed by atoms with Crippen LogP contribution in [0.15, 0.2) is 77.2 Å². The molecule has 2 aromatic rings. The molecule has 0 aromatic heterocycles. The zero-order chi connectivity index (χ0) is 24.0. The summed E-state index contributed by atoms with van der Waals surface area (Å²) in [5, 5.41) is 1.01. The zero-order valence-electron chi connectivity index (χ0n) is 18.8. The van der Waals surface area contributed by atoms with Crippen LogP contribution < -0.4 is 0 Å². The largest absolute Gasteiger partial charge is 0.494 e. The summed E-state index contributed by atoms with van der Waals surface area (Å²) in [6, 6.07) is 17.6. The number of hydrogen-bond donors (Lipinski definition) is 0. The van der Waals surface area contributed by atoms with Gasteiger partial charge in [0.05, 0.1) is 42.3 Å². The first-order valence-electron chi connectivity index (χ1n) is 11.2. The predicted molar refractivity (Wildman–Crippen MR) is 122 cm³/mol. The van der Waals surface area contributed by atoms with Crippen LogP contribution in [0.3, 0.4) is 0 Å². The van der Waals surface area contributed by atoms with Crippen LogP contribution in [-0.2, 0) is 38.3 Å². The highest BCUT2D eigenvalue weighted by Crippen LogP contribution is 2.35. The van der Waals surface area contributed by atoms with Gasteiger partial charge in [0, 0.05) is 12.0 Å². The summed E-state index contributed by atoms with van der Waals surface area (Å²) in [5.74, 6) is -0.416. The second-order valence-corrected chi connectivity index (χ2v) is 9.85. The average molecular weight is 489 g/mol. The summed E-state index contributed by atoms with van der Waals surface area (Å²) in [5.41, 5.74) is 0.890. The first kappa shape index (κ1) is 24.4. The molecule has 2 fully saturated rings. The fourth-order valence-electron chi connectivity index (χ4n) is 3.99. The molecule has 2 saturated heterocycles. The second-order valence-electron chi connectivity index (χ2n) is 8.01. The molecule has 5 atom stereocenters. The van der Waals surface area contributed by atoms with E-state index >= 15 is 0 Å². The van der Waals surface area contributed by atoms with Crippen LogP contribution in [0.1, 0.15) is 31.6 Å². The van der Waals surface area contributed by atoms with Gasteiger partial charge in [0.15, 0.2) is 6.29 Å². The molecule has 0 amide bonds. The number of hydrogen-bond acceptors (Lipinski definition) is 8. The Morgan fingerprint density at radius 1 is 1.03 bits per heavy atom. The van der Waals surface area contributed by atoms with Gasteiger partial charge in [-0.15, -0.1) is 0 Å². The van der Waals surface area contributed by atoms with E-state index in [2.05, 4.69) is 0 Å². The summed E-state index contributed by atoms with van der Waals surface area (Å²) in [4.78, 5) is 12.3. The van der Waals surface area contributed by atoms with E-state index in [0.717, 1.165) is 17.2 Å². The summed E-state index contributed by atoms with van der Waals surface area (Å²) in [7, 11) is -3.67. The van der Waals surface area contributed by atoms with Crippen molar-refractivity contribution in [2.75, 3.05) is 13.2 Å². The van der Waals surface area contributed by atoms with Crippen molar-refractivity contribution >= 4 is 15.8 Å². The lowest BCUT2D eigenvalue weighted by molar-refractivity contribution is -0.302. The van der Waals surface area contributed by atoms with Crippen molar-refractivity contribution in [2.24, 2.45) is 0 Å². The number of fused-ring (bicyclic) bond motifs is 1. The van der Waals surface area contributed by atoms with Crippen LogP contribution in [0.2, 0.25) is 0 Å². The predicted octanol–water partition coefficient (Wildman–Crippen LogP) is 3.54. The number of esters is 1. The number of ether oxygens (including phenoxy) is 5. The van der Waals surface area contributed by atoms with Gasteiger partial charge in [-0.05, 0) is 19.1 Å². The van der Waals surface area contributed by atoms with Gasteiger partial charge in [0.25, 0.3) is 0 Å². The highest BCUT2D eigenvalue weighted by Gasteiger charge is 2.44. The van der Waals surface area contributed by atoms with E-state index < -0.39 is 34.3 Å². The van der Waals surface area contributed by atoms with Gasteiger partial charge >= 0.3 is 5.97 Å². The van der Waals surface area contributed by atoms with Crippen LogP contribution in [-0.4, -0.2) is 52.0 Å². The van der Waals surface area contributed by atoms with E-state index in [-0.39, 0.29) is 30.1 Å². The molecule has 0 aliphatic carbocycles. The number of rotatable bonds is 8. The SMILES string of the molecule is CCOC(=O)C[C@@H]1O[C@@H]2CO[C@@H](c3ccccc3)O[C@H]2C[C@H]1O/C=C/S(=O)(=O)c1ccccc1. The van der Waals surface area contributed by atoms with Crippen LogP contribution >= 0.6 is 0 Å². The maximum Gasteiger partial charge on any atom is 0.308 e. The van der Waals surface area contributed by atoms with Gasteiger partial charge in [-0.3, -0.25) is 4.79 Å². The summed E-state index contributed by atoms with van der Waals surface area (Å²) in [6.45, 7) is 2.28. The van der Waals surface area contributed by atoms with Crippen LogP contribution in [0, 0.1) is 0 Å². The molecule has 0 N–H and O–H groups in total. The van der Waals surface area contributed by atoms with E-state index in [1.165, 1.54) is 12.1 Å². The van der Waals surface area contributed by atoms with E-state index in [1.807, 2.05) is 30.3 Å². The fourth-order valence-corrected chi connectivity index (χ4v) is 4.89. The molecule has 2 aliphatic rings. The lowest BCUT2D eigenvalue weighted by Gasteiger charge is -2.44. The highest BCUT2D eigenvalue weighted by molar-refractivity contribution is 7.94. The van der Waals surface area contributed by atoms with Crippen molar-refractivity contribution in [1.82, 2.24) is 0 Å². The number of carbonyl (C=O) groups excluding carboxylic acids is 1. The Hall–Kier alpha value is -2.72. The van der Waals surface area contributed by atoms with Gasteiger partial charge in [0.2, 0.25) is 9.84 Å².